The van der Waals surface area contributed by atoms with E-state index >= 15 is 0 Å². The van der Waals surface area contributed by atoms with Crippen LogP contribution in [-0.4, -0.2) is 71.2 Å². The van der Waals surface area contributed by atoms with Crippen molar-refractivity contribution >= 4 is 22.6 Å². The third-order valence-corrected chi connectivity index (χ3v) is 4.83. The zero-order valence-corrected chi connectivity index (χ0v) is 15.9. The lowest BCUT2D eigenvalue weighted by Gasteiger charge is -2.34. The molecule has 0 atom stereocenters. The Morgan fingerprint density at radius 2 is 1.74 bits per heavy atom. The van der Waals surface area contributed by atoms with Crippen LogP contribution in [-0.2, 0) is 4.79 Å². The zero-order valence-electron chi connectivity index (χ0n) is 15.9. The number of carbonyl (C=O) groups is 2. The first-order valence-corrected chi connectivity index (χ1v) is 9.16. The molecular formula is C19H25N5O3. The van der Waals surface area contributed by atoms with Crippen LogP contribution in [0.15, 0.2) is 29.1 Å². The lowest BCUT2D eigenvalue weighted by atomic mass is 10.1. The quantitative estimate of drug-likeness (QED) is 0.845. The van der Waals surface area contributed by atoms with E-state index in [-0.39, 0.29) is 23.4 Å². The first kappa shape index (κ1) is 19.0. The number of rotatable bonds is 4. The molecule has 0 saturated carbocycles. The van der Waals surface area contributed by atoms with Crippen LogP contribution in [0.5, 0.6) is 0 Å². The predicted octanol–water partition coefficient (Wildman–Crippen LogP) is 0.481. The van der Waals surface area contributed by atoms with Gasteiger partial charge in [0.15, 0.2) is 5.69 Å². The minimum Gasteiger partial charge on any atom is -0.358 e. The number of aromatic nitrogens is 2. The minimum atomic E-state index is -0.187. The monoisotopic (exact) mass is 371 g/mol. The van der Waals surface area contributed by atoms with E-state index in [9.17, 15) is 14.4 Å². The molecule has 0 unspecified atom stereocenters. The summed E-state index contributed by atoms with van der Waals surface area (Å²) in [5, 5.41) is 8.09. The van der Waals surface area contributed by atoms with Crippen LogP contribution in [0.3, 0.4) is 0 Å². The van der Waals surface area contributed by atoms with Crippen molar-refractivity contribution in [3.63, 3.8) is 0 Å². The van der Waals surface area contributed by atoms with Crippen LogP contribution >= 0.6 is 0 Å². The maximum atomic E-state index is 13.1. The van der Waals surface area contributed by atoms with Crippen molar-refractivity contribution in [1.29, 1.82) is 0 Å². The molecule has 1 aliphatic rings. The topological polar surface area (TPSA) is 87.5 Å². The molecule has 1 aromatic heterocycles. The molecule has 144 valence electrons. The molecule has 0 aliphatic carbocycles. The smallest absolute Gasteiger partial charge is 0.275 e. The molecule has 27 heavy (non-hydrogen) atoms. The minimum absolute atomic E-state index is 0.0357. The maximum Gasteiger partial charge on any atom is 0.275 e. The molecule has 0 bridgehead atoms. The lowest BCUT2D eigenvalue weighted by Crippen LogP contribution is -2.51. The van der Waals surface area contributed by atoms with Gasteiger partial charge in [0.1, 0.15) is 0 Å². The maximum absolute atomic E-state index is 13.1. The molecule has 8 nitrogen and oxygen atoms in total. The summed E-state index contributed by atoms with van der Waals surface area (Å²) < 4.78 is 1.37. The molecule has 3 rings (SSSR count). The van der Waals surface area contributed by atoms with Gasteiger partial charge in [0, 0.05) is 38.6 Å². The Balaban J connectivity index is 1.87. The second-order valence-corrected chi connectivity index (χ2v) is 6.98. The fraction of sp³-hybridized carbons (Fsp3) is 0.474. The van der Waals surface area contributed by atoms with E-state index in [0.29, 0.717) is 49.2 Å². The molecule has 1 aromatic carbocycles. The number of piperazine rings is 1. The third-order valence-electron chi connectivity index (χ3n) is 4.83. The number of hydrogen-bond acceptors (Lipinski definition) is 5. The van der Waals surface area contributed by atoms with Gasteiger partial charge in [0.05, 0.1) is 18.0 Å². The number of nitrogens with one attached hydrogen (secondary N) is 1. The normalized spacial score (nSPS) is 15.3. The van der Waals surface area contributed by atoms with Crippen LogP contribution in [0.1, 0.15) is 30.4 Å². The van der Waals surface area contributed by atoms with Gasteiger partial charge in [-0.25, -0.2) is 4.68 Å². The standard InChI is InChI=1S/C19H25N5O3/c1-13(2)24-18(26)15-7-5-4-6-14(15)17(21-24)19(27)23-10-8-22(9-11-23)12-16(25)20-3/h4-7,13H,8-12H2,1-3H3,(H,20,25). The van der Waals surface area contributed by atoms with Crippen LogP contribution in [0.4, 0.5) is 0 Å². The molecular weight excluding hydrogens is 346 g/mol. The van der Waals surface area contributed by atoms with Crippen molar-refractivity contribution in [3.8, 4) is 0 Å². The molecule has 8 heteroatoms. The average Bonchev–Trinajstić information content (AvgIpc) is 2.68. The predicted molar refractivity (Wildman–Crippen MR) is 103 cm³/mol. The number of nitrogens with zero attached hydrogens (tertiary/aromatic N) is 4. The van der Waals surface area contributed by atoms with Crippen LogP contribution in [0.25, 0.3) is 10.8 Å². The number of hydrogen-bond donors (Lipinski definition) is 1. The highest BCUT2D eigenvalue weighted by Crippen LogP contribution is 2.17. The molecule has 1 fully saturated rings. The fourth-order valence-corrected chi connectivity index (χ4v) is 3.26. The van der Waals surface area contributed by atoms with Crippen molar-refractivity contribution in [3.05, 3.63) is 40.3 Å². The zero-order chi connectivity index (χ0) is 19.6. The number of benzene rings is 1. The van der Waals surface area contributed by atoms with Gasteiger partial charge in [0.25, 0.3) is 11.5 Å². The number of carbonyl (C=O) groups excluding carboxylic acids is 2. The fourth-order valence-electron chi connectivity index (χ4n) is 3.26. The van der Waals surface area contributed by atoms with Gasteiger partial charge >= 0.3 is 0 Å². The van der Waals surface area contributed by atoms with E-state index < -0.39 is 0 Å². The van der Waals surface area contributed by atoms with E-state index in [4.69, 9.17) is 0 Å². The first-order chi connectivity index (χ1) is 12.9. The molecule has 0 spiro atoms. The Morgan fingerprint density at radius 1 is 1.11 bits per heavy atom. The number of amides is 2. The van der Waals surface area contributed by atoms with E-state index in [1.807, 2.05) is 18.7 Å². The van der Waals surface area contributed by atoms with Gasteiger partial charge in [-0.05, 0) is 19.9 Å². The Bertz CT molecular complexity index is 913. The highest BCUT2D eigenvalue weighted by Gasteiger charge is 2.26. The van der Waals surface area contributed by atoms with Gasteiger partial charge in [-0.15, -0.1) is 0 Å². The number of fused-ring (bicyclic) bond motifs is 1. The summed E-state index contributed by atoms with van der Waals surface area (Å²) in [5.41, 5.74) is 0.117. The van der Waals surface area contributed by atoms with E-state index in [1.54, 1.807) is 36.2 Å². The molecule has 2 heterocycles. The van der Waals surface area contributed by atoms with Crippen molar-refractivity contribution < 1.29 is 9.59 Å². The SMILES string of the molecule is CNC(=O)CN1CCN(C(=O)c2nn(C(C)C)c(=O)c3ccccc23)CC1. The van der Waals surface area contributed by atoms with E-state index in [0.717, 1.165) is 0 Å². The Labute approximate surface area is 157 Å². The summed E-state index contributed by atoms with van der Waals surface area (Å²) in [5.74, 6) is -0.216. The van der Waals surface area contributed by atoms with Gasteiger partial charge in [-0.3, -0.25) is 19.3 Å². The van der Waals surface area contributed by atoms with E-state index in [2.05, 4.69) is 10.4 Å². The Hall–Kier alpha value is -2.74. The van der Waals surface area contributed by atoms with Crippen LogP contribution in [0, 0.1) is 0 Å². The summed E-state index contributed by atoms with van der Waals surface area (Å²) in [6.45, 7) is 6.36. The van der Waals surface area contributed by atoms with Crippen molar-refractivity contribution in [1.82, 2.24) is 24.9 Å². The largest absolute Gasteiger partial charge is 0.358 e. The third kappa shape index (κ3) is 3.85. The van der Waals surface area contributed by atoms with Crippen LogP contribution < -0.4 is 10.9 Å². The molecule has 1 saturated heterocycles. The van der Waals surface area contributed by atoms with Crippen molar-refractivity contribution in [2.75, 3.05) is 39.8 Å². The average molecular weight is 371 g/mol. The highest BCUT2D eigenvalue weighted by molar-refractivity contribution is 6.04. The van der Waals surface area contributed by atoms with Crippen molar-refractivity contribution in [2.24, 2.45) is 0 Å². The van der Waals surface area contributed by atoms with Crippen LogP contribution in [0.2, 0.25) is 0 Å². The Morgan fingerprint density at radius 3 is 2.33 bits per heavy atom. The summed E-state index contributed by atoms with van der Waals surface area (Å²) in [4.78, 5) is 41.0. The molecule has 1 N–H and O–H groups in total. The molecule has 0 radical (unpaired) electrons. The van der Waals surface area contributed by atoms with Gasteiger partial charge in [-0.1, -0.05) is 18.2 Å². The summed E-state index contributed by atoms with van der Waals surface area (Å²) in [6.07, 6.45) is 0. The van der Waals surface area contributed by atoms with Crippen molar-refractivity contribution in [2.45, 2.75) is 19.9 Å². The first-order valence-electron chi connectivity index (χ1n) is 9.16. The lowest BCUT2D eigenvalue weighted by molar-refractivity contribution is -0.122. The second kappa shape index (κ2) is 7.87. The van der Waals surface area contributed by atoms with Gasteiger partial charge < -0.3 is 10.2 Å². The molecule has 2 aromatic rings. The summed E-state index contributed by atoms with van der Waals surface area (Å²) >= 11 is 0. The number of likely N-dealkylation sites (N-methyl/N-ethyl adjacent to an activating group) is 1. The second-order valence-electron chi connectivity index (χ2n) is 6.98. The summed E-state index contributed by atoms with van der Waals surface area (Å²) in [7, 11) is 1.61. The van der Waals surface area contributed by atoms with Gasteiger partial charge in [-0.2, -0.15) is 5.10 Å². The van der Waals surface area contributed by atoms with Gasteiger partial charge in [0.2, 0.25) is 5.91 Å². The Kier molecular flexibility index (Phi) is 5.55. The highest BCUT2D eigenvalue weighted by atomic mass is 16.2. The molecule has 1 aliphatic heterocycles. The van der Waals surface area contributed by atoms with E-state index in [1.165, 1.54) is 4.68 Å². The molecule has 2 amide bonds. The summed E-state index contributed by atoms with van der Waals surface area (Å²) in [6, 6.07) is 6.96.